The summed E-state index contributed by atoms with van der Waals surface area (Å²) < 4.78 is 10.5. The average molecular weight is 357 g/mol. The van der Waals surface area contributed by atoms with Crippen LogP contribution in [0, 0.1) is 0 Å². The fourth-order valence-electron chi connectivity index (χ4n) is 2.39. The number of hydrogen-bond acceptors (Lipinski definition) is 5. The lowest BCUT2D eigenvalue weighted by molar-refractivity contribution is -0.116. The van der Waals surface area contributed by atoms with Crippen LogP contribution >= 0.6 is 11.8 Å². The molecule has 0 radical (unpaired) electrons. The lowest BCUT2D eigenvalue weighted by Gasteiger charge is -2.11. The molecule has 1 aliphatic heterocycles. The summed E-state index contributed by atoms with van der Waals surface area (Å²) in [5, 5.41) is 12.8. The number of ether oxygens (including phenoxy) is 2. The minimum atomic E-state index is -0.737. The van der Waals surface area contributed by atoms with Gasteiger partial charge in [0.2, 0.25) is 12.7 Å². The van der Waals surface area contributed by atoms with E-state index in [9.17, 15) is 9.90 Å². The van der Waals surface area contributed by atoms with Crippen LogP contribution in [0.25, 0.3) is 6.08 Å². The molecule has 5 nitrogen and oxygen atoms in total. The highest BCUT2D eigenvalue weighted by Gasteiger charge is 2.12. The summed E-state index contributed by atoms with van der Waals surface area (Å²) in [6.45, 7) is 0.377. The third-order valence-corrected chi connectivity index (χ3v) is 4.54. The zero-order valence-corrected chi connectivity index (χ0v) is 14.6. The number of aliphatic hydroxyl groups excluding tert-OH is 1. The second-order valence-electron chi connectivity index (χ2n) is 5.48. The first-order valence-corrected chi connectivity index (χ1v) is 9.06. The van der Waals surface area contributed by atoms with Crippen LogP contribution in [-0.2, 0) is 4.79 Å². The number of fused-ring (bicyclic) bond motifs is 1. The average Bonchev–Trinajstić information content (AvgIpc) is 3.12. The Morgan fingerprint density at radius 2 is 2.00 bits per heavy atom. The second kappa shape index (κ2) is 8.09. The summed E-state index contributed by atoms with van der Waals surface area (Å²) in [4.78, 5) is 13.0. The first-order valence-electron chi connectivity index (χ1n) is 7.83. The van der Waals surface area contributed by atoms with Crippen molar-refractivity contribution in [3.63, 3.8) is 0 Å². The number of thioether (sulfide) groups is 1. The van der Waals surface area contributed by atoms with E-state index in [4.69, 9.17) is 9.47 Å². The number of carbonyl (C=O) groups is 1. The third-order valence-electron chi connectivity index (χ3n) is 3.79. The summed E-state index contributed by atoms with van der Waals surface area (Å²) in [5.41, 5.74) is 1.62. The zero-order valence-electron chi connectivity index (χ0n) is 13.8. The highest BCUT2D eigenvalue weighted by atomic mass is 32.2. The molecule has 2 aromatic carbocycles. The highest BCUT2D eigenvalue weighted by Crippen LogP contribution is 2.32. The monoisotopic (exact) mass is 357 g/mol. The zero-order chi connectivity index (χ0) is 17.6. The van der Waals surface area contributed by atoms with Crippen LogP contribution in [0.2, 0.25) is 0 Å². The van der Waals surface area contributed by atoms with Crippen LogP contribution in [0.1, 0.15) is 17.2 Å². The fraction of sp³-hybridized carbons (Fsp3) is 0.211. The Morgan fingerprint density at radius 1 is 1.24 bits per heavy atom. The van der Waals surface area contributed by atoms with E-state index < -0.39 is 6.10 Å². The minimum absolute atomic E-state index is 0.156. The maximum Gasteiger partial charge on any atom is 0.244 e. The smallest absolute Gasteiger partial charge is 0.244 e. The number of aliphatic hydroxyl groups is 1. The Balaban J connectivity index is 1.51. The largest absolute Gasteiger partial charge is 0.454 e. The van der Waals surface area contributed by atoms with Crippen LogP contribution in [0.3, 0.4) is 0 Å². The third kappa shape index (κ3) is 4.55. The summed E-state index contributed by atoms with van der Waals surface area (Å²) in [7, 11) is 0. The highest BCUT2D eigenvalue weighted by molar-refractivity contribution is 7.98. The Kier molecular flexibility index (Phi) is 5.63. The van der Waals surface area contributed by atoms with E-state index in [-0.39, 0.29) is 19.2 Å². The van der Waals surface area contributed by atoms with Crippen molar-refractivity contribution >= 4 is 23.7 Å². The van der Waals surface area contributed by atoms with E-state index >= 15 is 0 Å². The van der Waals surface area contributed by atoms with Crippen molar-refractivity contribution in [3.8, 4) is 11.5 Å². The van der Waals surface area contributed by atoms with Gasteiger partial charge >= 0.3 is 0 Å². The van der Waals surface area contributed by atoms with E-state index in [2.05, 4.69) is 5.32 Å². The molecule has 1 heterocycles. The molecule has 1 unspecified atom stereocenters. The van der Waals surface area contributed by atoms with Gasteiger partial charge in [0.1, 0.15) is 0 Å². The van der Waals surface area contributed by atoms with Gasteiger partial charge in [0.25, 0.3) is 0 Å². The predicted molar refractivity (Wildman–Crippen MR) is 97.8 cm³/mol. The quantitative estimate of drug-likeness (QED) is 0.614. The van der Waals surface area contributed by atoms with Crippen molar-refractivity contribution in [1.82, 2.24) is 5.32 Å². The van der Waals surface area contributed by atoms with Crippen LogP contribution in [0.4, 0.5) is 0 Å². The Bertz CT molecular complexity index is 773. The van der Waals surface area contributed by atoms with E-state index in [0.717, 1.165) is 16.0 Å². The van der Waals surface area contributed by atoms with Gasteiger partial charge in [0.05, 0.1) is 6.10 Å². The lowest BCUT2D eigenvalue weighted by atomic mass is 10.1. The number of rotatable bonds is 6. The molecule has 1 aliphatic rings. The summed E-state index contributed by atoms with van der Waals surface area (Å²) >= 11 is 1.64. The molecule has 0 aliphatic carbocycles. The molecule has 1 amide bonds. The maximum absolute atomic E-state index is 11.9. The molecule has 0 bridgehead atoms. The van der Waals surface area contributed by atoms with Gasteiger partial charge in [-0.15, -0.1) is 11.8 Å². The first kappa shape index (κ1) is 17.4. The Morgan fingerprint density at radius 3 is 2.76 bits per heavy atom. The standard InChI is InChI=1S/C19H19NO4S/c1-25-15-6-4-14(5-7-15)16(21)11-20-19(22)9-3-13-2-8-17-18(10-13)24-12-23-17/h2-10,16,21H,11-12H2,1H3,(H,20,22). The van der Waals surface area contributed by atoms with Gasteiger partial charge in [-0.25, -0.2) is 0 Å². The number of carbonyl (C=O) groups excluding carboxylic acids is 1. The van der Waals surface area contributed by atoms with Crippen molar-refractivity contribution in [2.24, 2.45) is 0 Å². The molecule has 6 heteroatoms. The minimum Gasteiger partial charge on any atom is -0.454 e. The van der Waals surface area contributed by atoms with Gasteiger partial charge < -0.3 is 19.9 Å². The van der Waals surface area contributed by atoms with Gasteiger partial charge in [-0.1, -0.05) is 18.2 Å². The molecular weight excluding hydrogens is 338 g/mol. The molecule has 2 aromatic rings. The number of hydrogen-bond donors (Lipinski definition) is 2. The van der Waals surface area contributed by atoms with Crippen molar-refractivity contribution in [1.29, 1.82) is 0 Å². The van der Waals surface area contributed by atoms with E-state index in [1.54, 1.807) is 17.8 Å². The molecule has 130 valence electrons. The number of amides is 1. The van der Waals surface area contributed by atoms with Gasteiger partial charge in [0, 0.05) is 17.5 Å². The first-order chi connectivity index (χ1) is 12.2. The topological polar surface area (TPSA) is 67.8 Å². The Labute approximate surface area is 150 Å². The molecule has 0 aromatic heterocycles. The van der Waals surface area contributed by atoms with Crippen LogP contribution in [0.15, 0.2) is 53.4 Å². The summed E-state index contributed by atoms with van der Waals surface area (Å²) in [6.07, 6.45) is 4.38. The SMILES string of the molecule is CSc1ccc(C(O)CNC(=O)C=Cc2ccc3c(c2)OCO3)cc1. The molecule has 25 heavy (non-hydrogen) atoms. The van der Waals surface area contributed by atoms with E-state index in [1.165, 1.54) is 6.08 Å². The summed E-state index contributed by atoms with van der Waals surface area (Å²) in [6, 6.07) is 13.1. The molecule has 2 N–H and O–H groups in total. The van der Waals surface area contributed by atoms with Crippen LogP contribution in [0.5, 0.6) is 11.5 Å². The summed E-state index contributed by atoms with van der Waals surface area (Å²) in [5.74, 6) is 1.11. The molecule has 0 saturated heterocycles. The molecule has 0 spiro atoms. The number of benzene rings is 2. The van der Waals surface area contributed by atoms with E-state index in [0.29, 0.717) is 11.5 Å². The van der Waals surface area contributed by atoms with E-state index in [1.807, 2.05) is 48.7 Å². The molecule has 0 saturated carbocycles. The maximum atomic E-state index is 11.9. The Hall–Kier alpha value is -2.44. The van der Waals surface area contributed by atoms with Crippen molar-refractivity contribution in [2.45, 2.75) is 11.0 Å². The molecule has 0 fully saturated rings. The van der Waals surface area contributed by atoms with Crippen LogP contribution in [-0.4, -0.2) is 30.6 Å². The molecular formula is C19H19NO4S. The predicted octanol–water partition coefficient (Wildman–Crippen LogP) is 3.00. The number of nitrogens with one attached hydrogen (secondary N) is 1. The van der Waals surface area contributed by atoms with Gasteiger partial charge in [-0.05, 0) is 47.7 Å². The molecule has 3 rings (SSSR count). The van der Waals surface area contributed by atoms with Crippen molar-refractivity contribution in [3.05, 3.63) is 59.7 Å². The van der Waals surface area contributed by atoms with Gasteiger partial charge in [-0.2, -0.15) is 0 Å². The second-order valence-corrected chi connectivity index (χ2v) is 6.36. The lowest BCUT2D eigenvalue weighted by Crippen LogP contribution is -2.26. The van der Waals surface area contributed by atoms with Crippen molar-refractivity contribution < 1.29 is 19.4 Å². The van der Waals surface area contributed by atoms with Gasteiger partial charge in [-0.3, -0.25) is 4.79 Å². The molecule has 1 atom stereocenters. The fourth-order valence-corrected chi connectivity index (χ4v) is 2.80. The van der Waals surface area contributed by atoms with Crippen LogP contribution < -0.4 is 14.8 Å². The normalized spacial score (nSPS) is 13.8. The van der Waals surface area contributed by atoms with Gasteiger partial charge in [0.15, 0.2) is 11.5 Å². The van der Waals surface area contributed by atoms with Crippen molar-refractivity contribution in [2.75, 3.05) is 19.6 Å².